The Morgan fingerprint density at radius 3 is 2.16 bits per heavy atom. The van der Waals surface area contributed by atoms with Crippen LogP contribution in [0.3, 0.4) is 0 Å². The summed E-state index contributed by atoms with van der Waals surface area (Å²) in [6.07, 6.45) is -7.82. The predicted molar refractivity (Wildman–Crippen MR) is 229 cm³/mol. The van der Waals surface area contributed by atoms with Gasteiger partial charge in [-0.1, -0.05) is 63.2 Å². The predicted octanol–water partition coefficient (Wildman–Crippen LogP) is 4.22. The lowest BCUT2D eigenvalue weighted by Gasteiger charge is -2.49. The topological polar surface area (TPSA) is 198 Å². The summed E-state index contributed by atoms with van der Waals surface area (Å²) >= 11 is 0. The Balaban J connectivity index is 1.82. The average molecular weight is 867 g/mol. The molecule has 0 aromatic heterocycles. The van der Waals surface area contributed by atoms with Gasteiger partial charge in [0.1, 0.15) is 30.5 Å². The van der Waals surface area contributed by atoms with Crippen LogP contribution in [-0.2, 0) is 44.5 Å². The van der Waals surface area contributed by atoms with E-state index in [4.69, 9.17) is 33.3 Å². The van der Waals surface area contributed by atoms with Crippen molar-refractivity contribution < 1.29 is 63.6 Å². The van der Waals surface area contributed by atoms with Gasteiger partial charge in [0.15, 0.2) is 12.6 Å². The number of carbonyl (C=O) groups is 1. The Bertz CT molecular complexity index is 1550. The number of carbonyl (C=O) groups excluding carboxylic acids is 1. The smallest absolute Gasteiger partial charge is 0.311 e. The van der Waals surface area contributed by atoms with E-state index in [0.717, 1.165) is 12.0 Å². The van der Waals surface area contributed by atoms with E-state index < -0.39 is 102 Å². The Kier molecular flexibility index (Phi) is 18.2. The third-order valence-electron chi connectivity index (χ3n) is 13.6. The van der Waals surface area contributed by atoms with Gasteiger partial charge in [0.05, 0.1) is 53.4 Å². The maximum Gasteiger partial charge on any atom is 0.311 e. The quantitative estimate of drug-likeness (QED) is 0.114. The second-order valence-corrected chi connectivity index (χ2v) is 19.0. The standard InChI is InChI=1S/C46H78N2O13/c1-14-34-46(10,54)39(50)28(4)36(47-56-22-18-21-32-19-16-15-17-20-32)26(2)24-44(8,53)41(61-43-37(49)33(48(11)12)23-27(3)57-43)29(5)38(30(6)42(52)59-34)60-35-25-45(9,55-13)40(51)31(7)58-35/h15-17,19-20,26-31,33-35,37-41,43,49-51,53-54H,14,18,21-25H2,1-13H3/b47-36+/t26-,27-,28+,29+,30-,31+,33+,34-,35?,37-,38+,39-,40+,41-,43+,44?,45-,46-/m1/s1. The van der Waals surface area contributed by atoms with E-state index in [9.17, 15) is 30.3 Å². The second-order valence-electron chi connectivity index (χ2n) is 19.0. The van der Waals surface area contributed by atoms with Gasteiger partial charge in [-0.3, -0.25) is 4.79 Å². The molecule has 0 saturated carbocycles. The van der Waals surface area contributed by atoms with Crippen LogP contribution in [0.25, 0.3) is 0 Å². The molecule has 1 aromatic carbocycles. The molecule has 1 aromatic rings. The summed E-state index contributed by atoms with van der Waals surface area (Å²) < 4.78 is 37.9. The van der Waals surface area contributed by atoms with Crippen molar-refractivity contribution in [3.8, 4) is 0 Å². The number of ether oxygens (including phenoxy) is 6. The SMILES string of the molecule is CC[C@H]1OC(=O)[C@H](C)[C@@H](OC2C[C@@](C)(OC)[C@@H](O)[C@H](C)O2)[C@H](C)[C@@H](O[C@@H]2O[C@H](C)C[C@H](N(C)C)[C@H]2O)C(C)(O)C[C@@H](C)/C(=N\OCCCc2ccccc2)[C@H](C)[C@@H](O)[C@]1(C)O. The molecule has 350 valence electrons. The van der Waals surface area contributed by atoms with E-state index in [1.165, 1.54) is 14.0 Å². The Morgan fingerprint density at radius 2 is 1.56 bits per heavy atom. The number of methoxy groups -OCH3 is 1. The minimum Gasteiger partial charge on any atom is -0.459 e. The molecule has 0 bridgehead atoms. The molecule has 0 aliphatic carbocycles. The summed E-state index contributed by atoms with van der Waals surface area (Å²) in [5.41, 5.74) is -3.19. The van der Waals surface area contributed by atoms with Gasteiger partial charge < -0.3 is 63.7 Å². The fourth-order valence-electron chi connectivity index (χ4n) is 9.70. The monoisotopic (exact) mass is 867 g/mol. The summed E-state index contributed by atoms with van der Waals surface area (Å²) in [6.45, 7) is 17.5. The molecule has 3 aliphatic rings. The molecule has 3 fully saturated rings. The number of aliphatic hydroxyl groups excluding tert-OH is 3. The number of rotatable bonds is 12. The molecular formula is C46H78N2O13. The molecule has 15 nitrogen and oxygen atoms in total. The van der Waals surface area contributed by atoms with E-state index in [2.05, 4.69) is 5.16 Å². The molecular weight excluding hydrogens is 789 g/mol. The van der Waals surface area contributed by atoms with Gasteiger partial charge in [-0.05, 0) is 93.3 Å². The van der Waals surface area contributed by atoms with E-state index >= 15 is 0 Å². The van der Waals surface area contributed by atoms with Gasteiger partial charge in [0.2, 0.25) is 0 Å². The van der Waals surface area contributed by atoms with Crippen molar-refractivity contribution >= 4 is 11.7 Å². The molecule has 3 aliphatic heterocycles. The lowest BCUT2D eigenvalue weighted by molar-refractivity contribution is -0.317. The highest BCUT2D eigenvalue weighted by Crippen LogP contribution is 2.41. The molecule has 18 atom stereocenters. The van der Waals surface area contributed by atoms with Crippen LogP contribution in [-0.4, -0.2) is 154 Å². The van der Waals surface area contributed by atoms with Crippen LogP contribution in [0.2, 0.25) is 0 Å². The number of oxime groups is 1. The maximum absolute atomic E-state index is 14.4. The van der Waals surface area contributed by atoms with Crippen LogP contribution in [0.4, 0.5) is 0 Å². The third kappa shape index (κ3) is 12.3. The summed E-state index contributed by atoms with van der Waals surface area (Å²) in [5.74, 6) is -3.99. The average Bonchev–Trinajstić information content (AvgIpc) is 3.20. The molecule has 0 amide bonds. The molecule has 0 spiro atoms. The van der Waals surface area contributed by atoms with Gasteiger partial charge in [0, 0.05) is 37.3 Å². The number of aliphatic hydroxyl groups is 5. The van der Waals surface area contributed by atoms with Crippen LogP contribution in [0, 0.1) is 23.7 Å². The number of benzene rings is 1. The van der Waals surface area contributed by atoms with Gasteiger partial charge in [-0.2, -0.15) is 0 Å². The minimum absolute atomic E-state index is 0.0105. The highest BCUT2D eigenvalue weighted by Gasteiger charge is 2.53. The number of hydrogen-bond acceptors (Lipinski definition) is 15. The largest absolute Gasteiger partial charge is 0.459 e. The van der Waals surface area contributed by atoms with Gasteiger partial charge >= 0.3 is 5.97 Å². The van der Waals surface area contributed by atoms with Gasteiger partial charge in [-0.25, -0.2) is 0 Å². The molecule has 5 N–H and O–H groups in total. The van der Waals surface area contributed by atoms with Crippen LogP contribution in [0.1, 0.15) is 107 Å². The first-order valence-electron chi connectivity index (χ1n) is 22.2. The third-order valence-corrected chi connectivity index (χ3v) is 13.6. The van der Waals surface area contributed by atoms with Crippen molar-refractivity contribution in [1.82, 2.24) is 4.90 Å². The summed E-state index contributed by atoms with van der Waals surface area (Å²) in [7, 11) is 5.25. The first-order valence-corrected chi connectivity index (χ1v) is 22.2. The highest BCUT2D eigenvalue weighted by molar-refractivity contribution is 5.88. The molecule has 3 saturated heterocycles. The van der Waals surface area contributed by atoms with Crippen molar-refractivity contribution in [3.05, 3.63) is 35.9 Å². The molecule has 15 heteroatoms. The van der Waals surface area contributed by atoms with Crippen LogP contribution in [0.15, 0.2) is 35.5 Å². The Hall–Kier alpha value is -2.28. The van der Waals surface area contributed by atoms with Gasteiger partial charge in [0.25, 0.3) is 0 Å². The van der Waals surface area contributed by atoms with Gasteiger partial charge in [-0.15, -0.1) is 0 Å². The van der Waals surface area contributed by atoms with Crippen molar-refractivity contribution in [2.45, 2.75) is 192 Å². The summed E-state index contributed by atoms with van der Waals surface area (Å²) in [4.78, 5) is 22.2. The number of likely N-dealkylation sites (N-methyl/N-ethyl adjacent to an activating group) is 1. The normalized spacial score (nSPS) is 44.1. The van der Waals surface area contributed by atoms with E-state index in [1.807, 2.05) is 63.2 Å². The zero-order valence-corrected chi connectivity index (χ0v) is 38.9. The van der Waals surface area contributed by atoms with Crippen molar-refractivity contribution in [2.75, 3.05) is 27.8 Å². The second kappa shape index (κ2) is 21.6. The molecule has 61 heavy (non-hydrogen) atoms. The fourth-order valence-corrected chi connectivity index (χ4v) is 9.70. The van der Waals surface area contributed by atoms with E-state index in [-0.39, 0.29) is 38.0 Å². The highest BCUT2D eigenvalue weighted by atomic mass is 16.7. The maximum atomic E-state index is 14.4. The molecule has 2 unspecified atom stereocenters. The van der Waals surface area contributed by atoms with Crippen molar-refractivity contribution in [1.29, 1.82) is 0 Å². The van der Waals surface area contributed by atoms with Crippen LogP contribution < -0.4 is 0 Å². The van der Waals surface area contributed by atoms with Crippen LogP contribution >= 0.6 is 0 Å². The lowest BCUT2D eigenvalue weighted by Crippen LogP contribution is -2.61. The number of hydrogen-bond donors (Lipinski definition) is 5. The molecule has 4 rings (SSSR count). The van der Waals surface area contributed by atoms with E-state index in [0.29, 0.717) is 18.6 Å². The first kappa shape index (κ1) is 51.4. The molecule has 3 heterocycles. The van der Waals surface area contributed by atoms with Crippen molar-refractivity contribution in [3.63, 3.8) is 0 Å². The lowest BCUT2D eigenvalue weighted by atomic mass is 9.73. The fraction of sp³-hybridized carbons (Fsp3) is 0.826. The number of esters is 1. The van der Waals surface area contributed by atoms with Crippen LogP contribution in [0.5, 0.6) is 0 Å². The Morgan fingerprint density at radius 1 is 0.902 bits per heavy atom. The Labute approximate surface area is 364 Å². The number of nitrogens with zero attached hydrogens (tertiary/aromatic N) is 2. The molecule has 0 radical (unpaired) electrons. The zero-order chi connectivity index (χ0) is 45.6. The number of aryl methyl sites for hydroxylation is 1. The first-order chi connectivity index (χ1) is 28.5. The van der Waals surface area contributed by atoms with Crippen molar-refractivity contribution in [2.24, 2.45) is 28.8 Å². The summed E-state index contributed by atoms with van der Waals surface area (Å²) in [6, 6.07) is 9.70. The van der Waals surface area contributed by atoms with E-state index in [1.54, 1.807) is 48.5 Å². The zero-order valence-electron chi connectivity index (χ0n) is 38.9. The number of cyclic esters (lactones) is 1. The summed E-state index contributed by atoms with van der Waals surface area (Å²) in [5, 5.41) is 64.2. The minimum atomic E-state index is -1.94.